The van der Waals surface area contributed by atoms with Gasteiger partial charge in [-0.15, -0.1) is 0 Å². The van der Waals surface area contributed by atoms with Crippen LogP contribution in [0.1, 0.15) is 58.3 Å². The molecule has 1 aliphatic rings. The monoisotopic (exact) mass is 226 g/mol. The summed E-state index contributed by atoms with van der Waals surface area (Å²) in [6, 6.07) is 0. The lowest BCUT2D eigenvalue weighted by Gasteiger charge is -2.41. The van der Waals surface area contributed by atoms with Gasteiger partial charge in [0, 0.05) is 13.0 Å². The van der Waals surface area contributed by atoms with Crippen LogP contribution in [0.4, 0.5) is 0 Å². The molecular formula is C13H26N2O. The molecule has 0 bridgehead atoms. The Morgan fingerprint density at radius 1 is 1.31 bits per heavy atom. The summed E-state index contributed by atoms with van der Waals surface area (Å²) in [5.41, 5.74) is 5.98. The number of amides is 1. The Hall–Kier alpha value is -0.570. The fourth-order valence-corrected chi connectivity index (χ4v) is 2.22. The molecule has 0 aliphatic heterocycles. The van der Waals surface area contributed by atoms with Gasteiger partial charge in [-0.1, -0.05) is 32.6 Å². The number of rotatable bonds is 8. The average Bonchev–Trinajstić information content (AvgIpc) is 2.24. The van der Waals surface area contributed by atoms with Crippen LogP contribution in [0.15, 0.2) is 0 Å². The fourth-order valence-electron chi connectivity index (χ4n) is 2.22. The molecule has 3 heteroatoms. The second-order valence-electron chi connectivity index (χ2n) is 5.15. The predicted octanol–water partition coefficient (Wildman–Crippen LogP) is 2.20. The maximum atomic E-state index is 11.6. The molecular weight excluding hydrogens is 200 g/mol. The Morgan fingerprint density at radius 2 is 2.06 bits per heavy atom. The molecule has 16 heavy (non-hydrogen) atoms. The van der Waals surface area contributed by atoms with E-state index >= 15 is 0 Å². The predicted molar refractivity (Wildman–Crippen MR) is 67.1 cm³/mol. The molecule has 0 aromatic carbocycles. The molecule has 3 N–H and O–H groups in total. The maximum absolute atomic E-state index is 11.6. The van der Waals surface area contributed by atoms with Crippen molar-refractivity contribution in [3.05, 3.63) is 0 Å². The molecule has 0 unspecified atom stereocenters. The van der Waals surface area contributed by atoms with Crippen molar-refractivity contribution in [1.29, 1.82) is 0 Å². The number of nitrogens with one attached hydrogen (secondary N) is 1. The molecule has 1 saturated carbocycles. The zero-order chi connectivity index (χ0) is 11.9. The van der Waals surface area contributed by atoms with Crippen LogP contribution in [0.5, 0.6) is 0 Å². The van der Waals surface area contributed by atoms with Crippen LogP contribution in [-0.4, -0.2) is 19.0 Å². The lowest BCUT2D eigenvalue weighted by Crippen LogP contribution is -2.46. The van der Waals surface area contributed by atoms with Crippen molar-refractivity contribution in [1.82, 2.24) is 5.32 Å². The standard InChI is InChI=1S/C13H26N2O/c1-2-3-4-5-7-12(16)15-11-13(10-14)8-6-9-13/h2-11,14H2,1H3,(H,15,16). The van der Waals surface area contributed by atoms with E-state index in [0.29, 0.717) is 13.0 Å². The van der Waals surface area contributed by atoms with Gasteiger partial charge in [-0.25, -0.2) is 0 Å². The zero-order valence-corrected chi connectivity index (χ0v) is 10.6. The molecule has 0 aromatic heterocycles. The number of carbonyl (C=O) groups excluding carboxylic acids is 1. The summed E-state index contributed by atoms with van der Waals surface area (Å²) in [4.78, 5) is 11.6. The zero-order valence-electron chi connectivity index (χ0n) is 10.6. The highest BCUT2D eigenvalue weighted by Crippen LogP contribution is 2.39. The number of hydrogen-bond donors (Lipinski definition) is 2. The van der Waals surface area contributed by atoms with Crippen LogP contribution in [-0.2, 0) is 4.79 Å². The van der Waals surface area contributed by atoms with E-state index in [2.05, 4.69) is 12.2 Å². The minimum Gasteiger partial charge on any atom is -0.355 e. The number of unbranched alkanes of at least 4 members (excludes halogenated alkanes) is 3. The van der Waals surface area contributed by atoms with E-state index in [4.69, 9.17) is 5.73 Å². The van der Waals surface area contributed by atoms with Crippen LogP contribution >= 0.6 is 0 Å². The van der Waals surface area contributed by atoms with Gasteiger partial charge in [0.05, 0.1) is 0 Å². The van der Waals surface area contributed by atoms with E-state index in [-0.39, 0.29) is 11.3 Å². The molecule has 94 valence electrons. The first kappa shape index (κ1) is 13.5. The number of carbonyl (C=O) groups is 1. The van der Waals surface area contributed by atoms with Crippen LogP contribution < -0.4 is 11.1 Å². The molecule has 0 aromatic rings. The minimum atomic E-state index is 0.204. The largest absolute Gasteiger partial charge is 0.355 e. The van der Waals surface area contributed by atoms with Crippen LogP contribution in [0.3, 0.4) is 0 Å². The van der Waals surface area contributed by atoms with E-state index in [1.54, 1.807) is 0 Å². The third-order valence-corrected chi connectivity index (χ3v) is 3.77. The van der Waals surface area contributed by atoms with Gasteiger partial charge in [0.2, 0.25) is 5.91 Å². The van der Waals surface area contributed by atoms with E-state index in [9.17, 15) is 4.79 Å². The van der Waals surface area contributed by atoms with Gasteiger partial charge in [0.1, 0.15) is 0 Å². The Bertz CT molecular complexity index is 206. The highest BCUT2D eigenvalue weighted by Gasteiger charge is 2.35. The Labute approximate surface area is 99.2 Å². The lowest BCUT2D eigenvalue weighted by atomic mass is 9.69. The fraction of sp³-hybridized carbons (Fsp3) is 0.923. The smallest absolute Gasteiger partial charge is 0.220 e. The molecule has 1 amide bonds. The highest BCUT2D eigenvalue weighted by molar-refractivity contribution is 5.75. The first-order valence-electron chi connectivity index (χ1n) is 6.69. The Balaban J connectivity index is 2.05. The van der Waals surface area contributed by atoms with Crippen LogP contribution in [0.2, 0.25) is 0 Å². The van der Waals surface area contributed by atoms with E-state index < -0.39 is 0 Å². The molecule has 0 saturated heterocycles. The molecule has 1 fully saturated rings. The molecule has 3 nitrogen and oxygen atoms in total. The Kier molecular flexibility index (Phi) is 5.81. The third kappa shape index (κ3) is 4.12. The summed E-state index contributed by atoms with van der Waals surface area (Å²) < 4.78 is 0. The van der Waals surface area contributed by atoms with Crippen molar-refractivity contribution in [2.45, 2.75) is 58.3 Å². The molecule has 1 rings (SSSR count). The number of hydrogen-bond acceptors (Lipinski definition) is 2. The van der Waals surface area contributed by atoms with Gasteiger partial charge in [-0.3, -0.25) is 4.79 Å². The normalized spacial score (nSPS) is 17.9. The second-order valence-corrected chi connectivity index (χ2v) is 5.15. The average molecular weight is 226 g/mol. The molecule has 0 atom stereocenters. The van der Waals surface area contributed by atoms with E-state index in [1.807, 2.05) is 0 Å². The summed E-state index contributed by atoms with van der Waals surface area (Å²) in [5, 5.41) is 3.03. The van der Waals surface area contributed by atoms with Crippen molar-refractivity contribution < 1.29 is 4.79 Å². The van der Waals surface area contributed by atoms with Gasteiger partial charge in [0.25, 0.3) is 0 Å². The highest BCUT2D eigenvalue weighted by atomic mass is 16.1. The lowest BCUT2D eigenvalue weighted by molar-refractivity contribution is -0.122. The third-order valence-electron chi connectivity index (χ3n) is 3.77. The van der Waals surface area contributed by atoms with Gasteiger partial charge < -0.3 is 11.1 Å². The minimum absolute atomic E-state index is 0.204. The summed E-state index contributed by atoms with van der Waals surface area (Å²) in [7, 11) is 0. The summed E-state index contributed by atoms with van der Waals surface area (Å²) in [6.07, 6.45) is 8.96. The van der Waals surface area contributed by atoms with Crippen molar-refractivity contribution in [3.8, 4) is 0 Å². The second kappa shape index (κ2) is 6.89. The SMILES string of the molecule is CCCCCCC(=O)NCC1(CN)CCC1. The summed E-state index contributed by atoms with van der Waals surface area (Å²) >= 11 is 0. The van der Waals surface area contributed by atoms with Gasteiger partial charge in [-0.2, -0.15) is 0 Å². The first-order chi connectivity index (χ1) is 7.72. The molecule has 0 spiro atoms. The van der Waals surface area contributed by atoms with Crippen LogP contribution in [0.25, 0.3) is 0 Å². The van der Waals surface area contributed by atoms with Crippen molar-refractivity contribution in [3.63, 3.8) is 0 Å². The summed E-state index contributed by atoms with van der Waals surface area (Å²) in [5.74, 6) is 0.204. The topological polar surface area (TPSA) is 55.1 Å². The van der Waals surface area contributed by atoms with E-state index in [1.165, 1.54) is 38.5 Å². The van der Waals surface area contributed by atoms with Gasteiger partial charge in [0.15, 0.2) is 0 Å². The Morgan fingerprint density at radius 3 is 2.56 bits per heavy atom. The maximum Gasteiger partial charge on any atom is 0.220 e. The van der Waals surface area contributed by atoms with Crippen molar-refractivity contribution in [2.24, 2.45) is 11.1 Å². The van der Waals surface area contributed by atoms with Crippen LogP contribution in [0, 0.1) is 5.41 Å². The quantitative estimate of drug-likeness (QED) is 0.623. The van der Waals surface area contributed by atoms with Gasteiger partial charge in [-0.05, 0) is 31.2 Å². The van der Waals surface area contributed by atoms with Crippen molar-refractivity contribution >= 4 is 5.91 Å². The first-order valence-corrected chi connectivity index (χ1v) is 6.69. The van der Waals surface area contributed by atoms with Gasteiger partial charge >= 0.3 is 0 Å². The molecule has 0 radical (unpaired) electrons. The van der Waals surface area contributed by atoms with E-state index in [0.717, 1.165) is 13.0 Å². The molecule has 0 heterocycles. The molecule has 1 aliphatic carbocycles. The summed E-state index contributed by atoms with van der Waals surface area (Å²) in [6.45, 7) is 3.68. The number of nitrogens with two attached hydrogens (primary N) is 1. The van der Waals surface area contributed by atoms with Crippen molar-refractivity contribution in [2.75, 3.05) is 13.1 Å².